The van der Waals surface area contributed by atoms with Crippen LogP contribution in [-0.4, -0.2) is 9.13 Å². The predicted molar refractivity (Wildman–Crippen MR) is 281 cm³/mol. The van der Waals surface area contributed by atoms with Crippen LogP contribution in [0.2, 0.25) is 0 Å². The molecule has 0 unspecified atom stereocenters. The summed E-state index contributed by atoms with van der Waals surface area (Å²) in [6.45, 7) is 0. The monoisotopic (exact) mass is 836 g/mol. The number of nitrogens with zero attached hydrogens (tertiary/aromatic N) is 2. The van der Waals surface area contributed by atoms with Gasteiger partial charge in [-0.3, -0.25) is 0 Å². The normalized spacial score (nSPS) is 11.9. The van der Waals surface area contributed by atoms with Crippen LogP contribution in [0.5, 0.6) is 0 Å². The minimum absolute atomic E-state index is 1.13. The van der Waals surface area contributed by atoms with Gasteiger partial charge in [0.15, 0.2) is 0 Å². The van der Waals surface area contributed by atoms with Crippen LogP contribution in [0.25, 0.3) is 132 Å². The minimum atomic E-state index is 1.13. The molecule has 14 aromatic rings. The fourth-order valence-corrected chi connectivity index (χ4v) is 11.2. The summed E-state index contributed by atoms with van der Waals surface area (Å²) in [5.74, 6) is 0. The maximum atomic E-state index is 2.54. The van der Waals surface area contributed by atoms with Crippen molar-refractivity contribution < 1.29 is 0 Å². The highest BCUT2D eigenvalue weighted by Crippen LogP contribution is 2.52. The van der Waals surface area contributed by atoms with Gasteiger partial charge in [-0.15, -0.1) is 0 Å². The van der Waals surface area contributed by atoms with Crippen LogP contribution in [-0.2, 0) is 0 Å². The molecule has 0 radical (unpaired) electrons. The third-order valence-corrected chi connectivity index (χ3v) is 14.0. The second-order valence-electron chi connectivity index (χ2n) is 17.6. The number of fused-ring (bicyclic) bond motifs is 6. The number of benzene rings is 12. The van der Waals surface area contributed by atoms with Crippen molar-refractivity contribution in [2.24, 2.45) is 0 Å². The SMILES string of the molecule is c1ccc(-c2c(-c3ccc4ccccc4c3)n(-c3ccccc3)c3c2cc2ccc4c5c(ccc3c25)cc2c(-c3ccccc3)c(-c3ccc5ccccc5c3)n(-c3ccccc3)c24)cc1. The van der Waals surface area contributed by atoms with Gasteiger partial charge in [0.1, 0.15) is 0 Å². The molecule has 2 aromatic heterocycles. The maximum Gasteiger partial charge on any atom is 0.0620 e. The van der Waals surface area contributed by atoms with Crippen molar-refractivity contribution in [1.29, 1.82) is 0 Å². The zero-order valence-corrected chi connectivity index (χ0v) is 36.0. The molecule has 0 bridgehead atoms. The van der Waals surface area contributed by atoms with E-state index in [4.69, 9.17) is 0 Å². The summed E-state index contributed by atoms with van der Waals surface area (Å²) in [5, 5.41) is 14.9. The van der Waals surface area contributed by atoms with E-state index in [9.17, 15) is 0 Å². The Morgan fingerprint density at radius 2 is 0.576 bits per heavy atom. The molecule has 0 aliphatic heterocycles. The molecule has 0 spiro atoms. The van der Waals surface area contributed by atoms with Crippen molar-refractivity contribution in [2.75, 3.05) is 0 Å². The summed E-state index contributed by atoms with van der Waals surface area (Å²) in [5.41, 5.74) is 14.3. The van der Waals surface area contributed by atoms with Crippen LogP contribution < -0.4 is 0 Å². The zero-order valence-electron chi connectivity index (χ0n) is 36.0. The molecule has 0 N–H and O–H groups in total. The molecule has 0 amide bonds. The van der Waals surface area contributed by atoms with Crippen molar-refractivity contribution in [2.45, 2.75) is 0 Å². The molecular weight excluding hydrogens is 797 g/mol. The highest BCUT2D eigenvalue weighted by molar-refractivity contribution is 6.35. The molecule has 2 heteroatoms. The van der Waals surface area contributed by atoms with Gasteiger partial charge < -0.3 is 9.13 Å². The molecule has 0 saturated carbocycles. The zero-order chi connectivity index (χ0) is 43.3. The van der Waals surface area contributed by atoms with Gasteiger partial charge in [0.25, 0.3) is 0 Å². The molecule has 14 rings (SSSR count). The first kappa shape index (κ1) is 36.7. The molecule has 0 saturated heterocycles. The van der Waals surface area contributed by atoms with Crippen LogP contribution in [0.15, 0.2) is 243 Å². The Labute approximate surface area is 381 Å². The van der Waals surface area contributed by atoms with Gasteiger partial charge >= 0.3 is 0 Å². The van der Waals surface area contributed by atoms with E-state index in [0.29, 0.717) is 0 Å². The average Bonchev–Trinajstić information content (AvgIpc) is 3.92. The molecule has 0 atom stereocenters. The van der Waals surface area contributed by atoms with E-state index >= 15 is 0 Å². The molecule has 306 valence electrons. The Bertz CT molecular complexity index is 3910. The molecule has 66 heavy (non-hydrogen) atoms. The highest BCUT2D eigenvalue weighted by Gasteiger charge is 2.28. The largest absolute Gasteiger partial charge is 0.308 e. The first-order valence-corrected chi connectivity index (χ1v) is 22.8. The van der Waals surface area contributed by atoms with Crippen molar-refractivity contribution in [3.63, 3.8) is 0 Å². The predicted octanol–water partition coefficient (Wildman–Crippen LogP) is 17.4. The van der Waals surface area contributed by atoms with Gasteiger partial charge in [0, 0.05) is 44.0 Å². The lowest BCUT2D eigenvalue weighted by Gasteiger charge is -2.17. The van der Waals surface area contributed by atoms with Gasteiger partial charge in [0.05, 0.1) is 22.4 Å². The second kappa shape index (κ2) is 14.4. The number of rotatable bonds is 6. The van der Waals surface area contributed by atoms with Crippen molar-refractivity contribution in [3.8, 4) is 56.1 Å². The van der Waals surface area contributed by atoms with E-state index in [1.165, 1.54) is 120 Å². The third kappa shape index (κ3) is 5.42. The summed E-state index contributed by atoms with van der Waals surface area (Å²) < 4.78 is 5.09. The second-order valence-corrected chi connectivity index (χ2v) is 17.6. The Kier molecular flexibility index (Phi) is 8.02. The van der Waals surface area contributed by atoms with Crippen LogP contribution in [0.3, 0.4) is 0 Å². The lowest BCUT2D eigenvalue weighted by molar-refractivity contribution is 1.14. The number of hydrogen-bond acceptors (Lipinski definition) is 0. The van der Waals surface area contributed by atoms with Crippen molar-refractivity contribution in [1.82, 2.24) is 9.13 Å². The van der Waals surface area contributed by atoms with Gasteiger partial charge in [-0.25, -0.2) is 0 Å². The Morgan fingerprint density at radius 3 is 0.985 bits per heavy atom. The van der Waals surface area contributed by atoms with Crippen molar-refractivity contribution in [3.05, 3.63) is 243 Å². The van der Waals surface area contributed by atoms with Gasteiger partial charge in [0.2, 0.25) is 0 Å². The first-order chi connectivity index (χ1) is 32.8. The smallest absolute Gasteiger partial charge is 0.0620 e. The van der Waals surface area contributed by atoms with Gasteiger partial charge in [-0.2, -0.15) is 0 Å². The summed E-state index contributed by atoms with van der Waals surface area (Å²) in [7, 11) is 0. The lowest BCUT2D eigenvalue weighted by atomic mass is 9.89. The lowest BCUT2D eigenvalue weighted by Crippen LogP contribution is -1.99. The number of hydrogen-bond donors (Lipinski definition) is 0. The van der Waals surface area contributed by atoms with Crippen molar-refractivity contribution >= 4 is 75.7 Å². The molecule has 2 nitrogen and oxygen atoms in total. The van der Waals surface area contributed by atoms with Gasteiger partial charge in [-0.05, 0) is 114 Å². The van der Waals surface area contributed by atoms with E-state index in [0.717, 1.165) is 11.4 Å². The topological polar surface area (TPSA) is 9.86 Å². The first-order valence-electron chi connectivity index (χ1n) is 22.8. The molecule has 12 aromatic carbocycles. The summed E-state index contributed by atoms with van der Waals surface area (Å²) in [6, 6.07) is 89.7. The number of para-hydroxylation sites is 2. The molecular formula is C64H40N2. The van der Waals surface area contributed by atoms with E-state index in [2.05, 4.69) is 252 Å². The highest BCUT2D eigenvalue weighted by atomic mass is 15.0. The van der Waals surface area contributed by atoms with Crippen LogP contribution >= 0.6 is 0 Å². The van der Waals surface area contributed by atoms with E-state index in [1.54, 1.807) is 0 Å². The quantitative estimate of drug-likeness (QED) is 0.148. The molecule has 0 aliphatic rings. The summed E-state index contributed by atoms with van der Waals surface area (Å²) in [4.78, 5) is 0. The third-order valence-electron chi connectivity index (χ3n) is 14.0. The fraction of sp³-hybridized carbons (Fsp3) is 0. The molecule has 0 aliphatic carbocycles. The standard InChI is InChI=1S/C64H40N2/c1-5-19-43(20-6-1)59-55-39-47-33-36-54-58-48(34-35-53(57(47)58)63(55)65(51-25-9-3-10-26-51)61(59)49-31-29-41-17-13-15-23-45(41)37-49)40-56-60(44-21-7-2-8-22-44)62(66(64(54)56)52-27-11-4-12-28-52)50-32-30-42-18-14-16-24-46(42)38-50/h1-40H. The Balaban J connectivity index is 1.17. The van der Waals surface area contributed by atoms with Crippen LogP contribution in [0.1, 0.15) is 0 Å². The van der Waals surface area contributed by atoms with E-state index in [1.807, 2.05) is 0 Å². The van der Waals surface area contributed by atoms with Crippen LogP contribution in [0.4, 0.5) is 0 Å². The summed E-state index contributed by atoms with van der Waals surface area (Å²) in [6.07, 6.45) is 0. The molecule has 2 heterocycles. The Hall–Kier alpha value is -8.72. The number of aromatic nitrogens is 2. The minimum Gasteiger partial charge on any atom is -0.308 e. The Morgan fingerprint density at radius 1 is 0.227 bits per heavy atom. The molecule has 0 fully saturated rings. The van der Waals surface area contributed by atoms with Gasteiger partial charge in [-0.1, -0.05) is 194 Å². The van der Waals surface area contributed by atoms with E-state index < -0.39 is 0 Å². The maximum absolute atomic E-state index is 2.54. The summed E-state index contributed by atoms with van der Waals surface area (Å²) >= 11 is 0. The average molecular weight is 837 g/mol. The fourth-order valence-electron chi connectivity index (χ4n) is 11.2. The van der Waals surface area contributed by atoms with E-state index in [-0.39, 0.29) is 0 Å². The van der Waals surface area contributed by atoms with Crippen LogP contribution in [0, 0.1) is 0 Å².